The highest BCUT2D eigenvalue weighted by atomic mass is 35.5. The van der Waals surface area contributed by atoms with E-state index in [1.807, 2.05) is 0 Å². The molecule has 0 aliphatic carbocycles. The van der Waals surface area contributed by atoms with E-state index >= 15 is 0 Å². The first-order chi connectivity index (χ1) is 5.75. The van der Waals surface area contributed by atoms with Gasteiger partial charge in [-0.15, -0.1) is 0 Å². The molecule has 12 heavy (non-hydrogen) atoms. The second kappa shape index (κ2) is 4.42. The van der Waals surface area contributed by atoms with Crippen LogP contribution in [0.25, 0.3) is 0 Å². The predicted molar refractivity (Wildman–Crippen MR) is 45.7 cm³/mol. The van der Waals surface area contributed by atoms with Gasteiger partial charge in [0.2, 0.25) is 5.17 Å². The minimum Gasteiger partial charge on any atom is -0.410 e. The summed E-state index contributed by atoms with van der Waals surface area (Å²) in [5, 5.41) is 13.8. The summed E-state index contributed by atoms with van der Waals surface area (Å²) in [4.78, 5) is 11.3. The van der Waals surface area contributed by atoms with Crippen LogP contribution in [0.3, 0.4) is 0 Å². The molecule has 5 heteroatoms. The van der Waals surface area contributed by atoms with E-state index in [0.717, 1.165) is 25.9 Å². The molecule has 0 atom stereocenters. The van der Waals surface area contributed by atoms with Crippen LogP contribution in [0.15, 0.2) is 5.16 Å². The predicted octanol–water partition coefficient (Wildman–Crippen LogP) is 0.582. The third kappa shape index (κ3) is 2.19. The van der Waals surface area contributed by atoms with Gasteiger partial charge in [0.1, 0.15) is 0 Å². The number of rotatable bonds is 2. The lowest BCUT2D eigenvalue weighted by Crippen LogP contribution is -2.33. The molecule has 0 amide bonds. The molecule has 0 unspecified atom stereocenters. The van der Waals surface area contributed by atoms with Gasteiger partial charge in [-0.3, -0.25) is 4.79 Å². The van der Waals surface area contributed by atoms with E-state index in [4.69, 9.17) is 16.8 Å². The summed E-state index contributed by atoms with van der Waals surface area (Å²) in [5.74, 6) is -0.324. The van der Waals surface area contributed by atoms with Crippen LogP contribution in [0.5, 0.6) is 0 Å². The monoisotopic (exact) mass is 190 g/mol. The average molecular weight is 191 g/mol. The SMILES string of the molecule is O=C(/C(Cl)=N/O)C1CCNCC1. The molecule has 0 aromatic carbocycles. The average Bonchev–Trinajstić information content (AvgIpc) is 2.17. The molecule has 68 valence electrons. The third-order valence-corrected chi connectivity index (χ3v) is 2.26. The summed E-state index contributed by atoms with van der Waals surface area (Å²) in [6.07, 6.45) is 1.54. The van der Waals surface area contributed by atoms with Crippen molar-refractivity contribution in [3.63, 3.8) is 0 Å². The fraction of sp³-hybridized carbons (Fsp3) is 0.714. The van der Waals surface area contributed by atoms with Crippen molar-refractivity contribution in [3.8, 4) is 0 Å². The number of oxime groups is 1. The Morgan fingerprint density at radius 1 is 1.50 bits per heavy atom. The second-order valence-corrected chi connectivity index (χ2v) is 3.14. The molecule has 2 N–H and O–H groups in total. The quantitative estimate of drug-likeness (QED) is 0.381. The smallest absolute Gasteiger partial charge is 0.211 e. The van der Waals surface area contributed by atoms with Crippen LogP contribution in [0.4, 0.5) is 0 Å². The molecular weight excluding hydrogens is 180 g/mol. The number of ketones is 1. The number of Topliss-reactive ketones (excluding diaryl/α,β-unsaturated/α-hetero) is 1. The van der Waals surface area contributed by atoms with Gasteiger partial charge in [0.05, 0.1) is 0 Å². The van der Waals surface area contributed by atoms with Crippen LogP contribution in [-0.2, 0) is 4.79 Å². The molecular formula is C7H11ClN2O2. The summed E-state index contributed by atoms with van der Waals surface area (Å²) < 4.78 is 0. The van der Waals surface area contributed by atoms with Crippen molar-refractivity contribution < 1.29 is 10.0 Å². The maximum absolute atomic E-state index is 11.3. The lowest BCUT2D eigenvalue weighted by Gasteiger charge is -2.19. The van der Waals surface area contributed by atoms with Crippen molar-refractivity contribution in [2.24, 2.45) is 11.1 Å². The first-order valence-corrected chi connectivity index (χ1v) is 4.26. The largest absolute Gasteiger partial charge is 0.410 e. The standard InChI is InChI=1S/C7H11ClN2O2/c8-7(10-12)6(11)5-1-3-9-4-2-5/h5,9,12H,1-4H2/b10-7-. The lowest BCUT2D eigenvalue weighted by molar-refractivity contribution is -0.117. The Hall–Kier alpha value is -0.610. The minimum absolute atomic E-state index is 0.0744. The highest BCUT2D eigenvalue weighted by Gasteiger charge is 2.24. The Labute approximate surface area is 75.6 Å². The molecule has 1 aliphatic rings. The topological polar surface area (TPSA) is 61.7 Å². The highest BCUT2D eigenvalue weighted by Crippen LogP contribution is 2.14. The third-order valence-electron chi connectivity index (χ3n) is 2.00. The van der Waals surface area contributed by atoms with Gasteiger partial charge in [0.15, 0.2) is 5.78 Å². The number of nitrogens with zero attached hydrogens (tertiary/aromatic N) is 1. The lowest BCUT2D eigenvalue weighted by atomic mass is 9.94. The van der Waals surface area contributed by atoms with E-state index < -0.39 is 0 Å². The van der Waals surface area contributed by atoms with E-state index in [-0.39, 0.29) is 16.9 Å². The fourth-order valence-electron chi connectivity index (χ4n) is 1.30. The maximum atomic E-state index is 11.3. The minimum atomic E-state index is -0.304. The van der Waals surface area contributed by atoms with E-state index in [2.05, 4.69) is 10.5 Å². The number of carbonyl (C=O) groups excluding carboxylic acids is 1. The second-order valence-electron chi connectivity index (χ2n) is 2.78. The Bertz CT molecular complexity index is 200. The van der Waals surface area contributed by atoms with Crippen molar-refractivity contribution in [1.29, 1.82) is 0 Å². The highest BCUT2D eigenvalue weighted by molar-refractivity contribution is 6.83. The number of halogens is 1. The van der Waals surface area contributed by atoms with Gasteiger partial charge in [-0.1, -0.05) is 16.8 Å². The molecule has 4 nitrogen and oxygen atoms in total. The van der Waals surface area contributed by atoms with E-state index in [0.29, 0.717) is 0 Å². The van der Waals surface area contributed by atoms with Gasteiger partial charge in [-0.25, -0.2) is 0 Å². The van der Waals surface area contributed by atoms with E-state index in [9.17, 15) is 4.79 Å². The van der Waals surface area contributed by atoms with Gasteiger partial charge in [0.25, 0.3) is 0 Å². The van der Waals surface area contributed by atoms with Crippen molar-refractivity contribution >= 4 is 22.6 Å². The zero-order chi connectivity index (χ0) is 8.97. The van der Waals surface area contributed by atoms with Crippen LogP contribution < -0.4 is 5.32 Å². The van der Waals surface area contributed by atoms with Gasteiger partial charge in [0, 0.05) is 5.92 Å². The van der Waals surface area contributed by atoms with Crippen molar-refractivity contribution in [2.45, 2.75) is 12.8 Å². The Balaban J connectivity index is 2.51. The van der Waals surface area contributed by atoms with Crippen LogP contribution >= 0.6 is 11.6 Å². The Kier molecular flexibility index (Phi) is 3.49. The molecule has 1 aliphatic heterocycles. The molecule has 1 heterocycles. The van der Waals surface area contributed by atoms with Crippen LogP contribution in [0.2, 0.25) is 0 Å². The summed E-state index contributed by atoms with van der Waals surface area (Å²) in [6, 6.07) is 0. The van der Waals surface area contributed by atoms with Gasteiger partial charge < -0.3 is 10.5 Å². The number of piperidine rings is 1. The van der Waals surface area contributed by atoms with Crippen LogP contribution in [0.1, 0.15) is 12.8 Å². The molecule has 0 saturated carbocycles. The molecule has 0 spiro atoms. The summed E-state index contributed by atoms with van der Waals surface area (Å²) in [5.41, 5.74) is 0. The van der Waals surface area contributed by atoms with Crippen molar-refractivity contribution in [3.05, 3.63) is 0 Å². The molecule has 0 radical (unpaired) electrons. The molecule has 1 saturated heterocycles. The summed E-state index contributed by atoms with van der Waals surface area (Å²) in [6.45, 7) is 1.65. The van der Waals surface area contributed by atoms with E-state index in [1.54, 1.807) is 0 Å². The Morgan fingerprint density at radius 3 is 2.58 bits per heavy atom. The van der Waals surface area contributed by atoms with Gasteiger partial charge in [-0.2, -0.15) is 0 Å². The number of carbonyl (C=O) groups is 1. The molecule has 0 bridgehead atoms. The van der Waals surface area contributed by atoms with Crippen LogP contribution in [-0.4, -0.2) is 29.3 Å². The molecule has 0 aromatic heterocycles. The fourth-order valence-corrected chi connectivity index (χ4v) is 1.46. The summed E-state index contributed by atoms with van der Waals surface area (Å²) >= 11 is 5.38. The number of hydrogen-bond donors (Lipinski definition) is 2. The van der Waals surface area contributed by atoms with Crippen molar-refractivity contribution in [1.82, 2.24) is 5.32 Å². The normalized spacial score (nSPS) is 20.9. The van der Waals surface area contributed by atoms with Gasteiger partial charge >= 0.3 is 0 Å². The van der Waals surface area contributed by atoms with E-state index in [1.165, 1.54) is 0 Å². The number of nitrogens with one attached hydrogen (secondary N) is 1. The number of hydrogen-bond acceptors (Lipinski definition) is 4. The first-order valence-electron chi connectivity index (χ1n) is 3.88. The molecule has 1 fully saturated rings. The molecule has 0 aromatic rings. The first kappa shape index (κ1) is 9.48. The summed E-state index contributed by atoms with van der Waals surface area (Å²) in [7, 11) is 0. The maximum Gasteiger partial charge on any atom is 0.211 e. The molecule has 1 rings (SSSR count). The zero-order valence-electron chi connectivity index (χ0n) is 6.59. The zero-order valence-corrected chi connectivity index (χ0v) is 7.34. The van der Waals surface area contributed by atoms with Crippen molar-refractivity contribution in [2.75, 3.05) is 13.1 Å². The van der Waals surface area contributed by atoms with Gasteiger partial charge in [-0.05, 0) is 25.9 Å². The van der Waals surface area contributed by atoms with Crippen LogP contribution in [0, 0.1) is 5.92 Å². The Morgan fingerprint density at radius 2 is 2.08 bits per heavy atom.